The first kappa shape index (κ1) is 14.4. The molecule has 0 saturated heterocycles. The summed E-state index contributed by atoms with van der Waals surface area (Å²) >= 11 is 0. The lowest BCUT2D eigenvalue weighted by Gasteiger charge is -2.10. The van der Waals surface area contributed by atoms with Gasteiger partial charge in [-0.05, 0) is 49.2 Å². The maximum atomic E-state index is 8.70. The number of aliphatic hydroxyl groups excluding tert-OH is 1. The molecule has 106 valence electrons. The first-order chi connectivity index (χ1) is 9.69. The molecule has 20 heavy (non-hydrogen) atoms. The molecule has 2 aromatic carbocycles. The van der Waals surface area contributed by atoms with E-state index in [0.29, 0.717) is 6.61 Å². The van der Waals surface area contributed by atoms with Crippen LogP contribution in [0.15, 0.2) is 42.5 Å². The zero-order chi connectivity index (χ0) is 14.4. The maximum absolute atomic E-state index is 8.70. The second-order valence-electron chi connectivity index (χ2n) is 4.88. The molecule has 3 nitrogen and oxygen atoms in total. The van der Waals surface area contributed by atoms with Crippen LogP contribution in [0.5, 0.6) is 5.75 Å². The van der Waals surface area contributed by atoms with Crippen LogP contribution >= 0.6 is 0 Å². The van der Waals surface area contributed by atoms with Crippen LogP contribution in [0.1, 0.15) is 16.7 Å². The van der Waals surface area contributed by atoms with Crippen LogP contribution in [0.4, 0.5) is 5.69 Å². The van der Waals surface area contributed by atoms with Gasteiger partial charge in [-0.2, -0.15) is 0 Å². The summed E-state index contributed by atoms with van der Waals surface area (Å²) < 4.78 is 5.33. The minimum Gasteiger partial charge on any atom is -0.491 e. The summed E-state index contributed by atoms with van der Waals surface area (Å²) in [6.07, 6.45) is 0. The first-order valence-corrected chi connectivity index (χ1v) is 6.83. The number of benzene rings is 2. The molecule has 0 unspecified atom stereocenters. The summed E-state index contributed by atoms with van der Waals surface area (Å²) in [6.45, 7) is 5.41. The predicted octanol–water partition coefficient (Wildman–Crippen LogP) is 3.29. The fourth-order valence-corrected chi connectivity index (χ4v) is 2.07. The van der Waals surface area contributed by atoms with Crippen molar-refractivity contribution in [2.45, 2.75) is 20.4 Å². The predicted molar refractivity (Wildman–Crippen MR) is 82.3 cm³/mol. The molecule has 3 heteroatoms. The van der Waals surface area contributed by atoms with Crippen molar-refractivity contribution in [3.05, 3.63) is 59.2 Å². The summed E-state index contributed by atoms with van der Waals surface area (Å²) in [4.78, 5) is 0. The standard InChI is InChI=1S/C17H21NO2/c1-13-3-4-15(14(2)11-13)12-18-16-5-7-17(8-6-16)20-10-9-19/h3-8,11,18-19H,9-10,12H2,1-2H3. The van der Waals surface area contributed by atoms with Crippen molar-refractivity contribution in [2.24, 2.45) is 0 Å². The Morgan fingerprint density at radius 1 is 1.05 bits per heavy atom. The third-order valence-corrected chi connectivity index (χ3v) is 3.20. The van der Waals surface area contributed by atoms with Gasteiger partial charge in [0, 0.05) is 12.2 Å². The molecule has 2 rings (SSSR count). The lowest BCUT2D eigenvalue weighted by atomic mass is 10.1. The molecule has 0 bridgehead atoms. The Balaban J connectivity index is 1.93. The first-order valence-electron chi connectivity index (χ1n) is 6.83. The third-order valence-electron chi connectivity index (χ3n) is 3.20. The highest BCUT2D eigenvalue weighted by atomic mass is 16.5. The summed E-state index contributed by atoms with van der Waals surface area (Å²) in [5.74, 6) is 0.774. The van der Waals surface area contributed by atoms with Gasteiger partial charge in [0.2, 0.25) is 0 Å². The van der Waals surface area contributed by atoms with Crippen LogP contribution in [0.3, 0.4) is 0 Å². The van der Waals surface area contributed by atoms with Crippen LogP contribution in [-0.4, -0.2) is 18.3 Å². The van der Waals surface area contributed by atoms with Gasteiger partial charge in [-0.1, -0.05) is 23.8 Å². The van der Waals surface area contributed by atoms with Gasteiger partial charge in [0.15, 0.2) is 0 Å². The quantitative estimate of drug-likeness (QED) is 0.847. The van der Waals surface area contributed by atoms with Gasteiger partial charge >= 0.3 is 0 Å². The Morgan fingerprint density at radius 3 is 2.45 bits per heavy atom. The molecule has 2 aromatic rings. The minimum absolute atomic E-state index is 0.0344. The van der Waals surface area contributed by atoms with Crippen molar-refractivity contribution in [3.8, 4) is 5.75 Å². The highest BCUT2D eigenvalue weighted by molar-refractivity contribution is 5.47. The fraction of sp³-hybridized carbons (Fsp3) is 0.294. The topological polar surface area (TPSA) is 41.5 Å². The van der Waals surface area contributed by atoms with E-state index in [0.717, 1.165) is 18.0 Å². The third kappa shape index (κ3) is 4.00. The molecule has 0 atom stereocenters. The van der Waals surface area contributed by atoms with E-state index < -0.39 is 0 Å². The average Bonchev–Trinajstić information content (AvgIpc) is 2.45. The van der Waals surface area contributed by atoms with Gasteiger partial charge in [0.25, 0.3) is 0 Å². The van der Waals surface area contributed by atoms with E-state index in [1.165, 1.54) is 16.7 Å². The lowest BCUT2D eigenvalue weighted by molar-refractivity contribution is 0.201. The molecule has 2 N–H and O–H groups in total. The zero-order valence-corrected chi connectivity index (χ0v) is 12.0. The Hall–Kier alpha value is -2.00. The SMILES string of the molecule is Cc1ccc(CNc2ccc(OCCO)cc2)c(C)c1. The van der Waals surface area contributed by atoms with Crippen LogP contribution < -0.4 is 10.1 Å². The molecular formula is C17H21NO2. The number of nitrogens with one attached hydrogen (secondary N) is 1. The number of hydrogen-bond acceptors (Lipinski definition) is 3. The summed E-state index contributed by atoms with van der Waals surface area (Å²) in [6, 6.07) is 14.3. The molecule has 0 aliphatic rings. The van der Waals surface area contributed by atoms with Crippen LogP contribution in [-0.2, 0) is 6.54 Å². The second-order valence-corrected chi connectivity index (χ2v) is 4.88. The number of anilines is 1. The van der Waals surface area contributed by atoms with Crippen molar-refractivity contribution in [1.29, 1.82) is 0 Å². The number of rotatable bonds is 6. The van der Waals surface area contributed by atoms with Gasteiger partial charge in [-0.25, -0.2) is 0 Å². The molecule has 0 aromatic heterocycles. The van der Waals surface area contributed by atoms with Gasteiger partial charge in [0.1, 0.15) is 12.4 Å². The fourth-order valence-electron chi connectivity index (χ4n) is 2.07. The highest BCUT2D eigenvalue weighted by Crippen LogP contribution is 2.17. The monoisotopic (exact) mass is 271 g/mol. The summed E-state index contributed by atoms with van der Waals surface area (Å²) in [5.41, 5.74) is 4.95. The molecule has 0 fully saturated rings. The van der Waals surface area contributed by atoms with Crippen molar-refractivity contribution in [2.75, 3.05) is 18.5 Å². The van der Waals surface area contributed by atoms with E-state index in [1.54, 1.807) is 0 Å². The Kier molecular flexibility index (Phi) is 5.02. The van der Waals surface area contributed by atoms with E-state index in [9.17, 15) is 0 Å². The smallest absolute Gasteiger partial charge is 0.119 e. The molecule has 0 saturated carbocycles. The van der Waals surface area contributed by atoms with E-state index >= 15 is 0 Å². The van der Waals surface area contributed by atoms with Gasteiger partial charge in [0.05, 0.1) is 6.61 Å². The maximum Gasteiger partial charge on any atom is 0.119 e. The number of hydrogen-bond donors (Lipinski definition) is 2. The van der Waals surface area contributed by atoms with E-state index in [4.69, 9.17) is 9.84 Å². The molecule has 0 aliphatic heterocycles. The molecule has 0 heterocycles. The molecule has 0 aliphatic carbocycles. The van der Waals surface area contributed by atoms with Crippen molar-refractivity contribution >= 4 is 5.69 Å². The van der Waals surface area contributed by atoms with Crippen molar-refractivity contribution in [1.82, 2.24) is 0 Å². The zero-order valence-electron chi connectivity index (χ0n) is 12.0. The number of aliphatic hydroxyl groups is 1. The van der Waals surface area contributed by atoms with Gasteiger partial charge in [-0.3, -0.25) is 0 Å². The summed E-state index contributed by atoms with van der Waals surface area (Å²) in [5, 5.41) is 12.1. The lowest BCUT2D eigenvalue weighted by Crippen LogP contribution is -2.03. The minimum atomic E-state index is 0.0344. The highest BCUT2D eigenvalue weighted by Gasteiger charge is 1.99. The van der Waals surface area contributed by atoms with E-state index in [2.05, 4.69) is 37.4 Å². The molecular weight excluding hydrogens is 250 g/mol. The number of ether oxygens (including phenoxy) is 1. The Labute approximate surface area is 120 Å². The van der Waals surface area contributed by atoms with Gasteiger partial charge in [-0.15, -0.1) is 0 Å². The van der Waals surface area contributed by atoms with Crippen LogP contribution in [0, 0.1) is 13.8 Å². The van der Waals surface area contributed by atoms with Gasteiger partial charge < -0.3 is 15.2 Å². The van der Waals surface area contributed by atoms with E-state index in [1.807, 2.05) is 24.3 Å². The molecule has 0 amide bonds. The molecule has 0 radical (unpaired) electrons. The van der Waals surface area contributed by atoms with E-state index in [-0.39, 0.29) is 6.61 Å². The molecule has 0 spiro atoms. The second kappa shape index (κ2) is 6.96. The largest absolute Gasteiger partial charge is 0.491 e. The van der Waals surface area contributed by atoms with Crippen molar-refractivity contribution in [3.63, 3.8) is 0 Å². The normalized spacial score (nSPS) is 10.3. The average molecular weight is 271 g/mol. The summed E-state index contributed by atoms with van der Waals surface area (Å²) in [7, 11) is 0. The van der Waals surface area contributed by atoms with Crippen LogP contribution in [0.2, 0.25) is 0 Å². The Bertz CT molecular complexity index is 549. The Morgan fingerprint density at radius 2 is 1.80 bits per heavy atom. The number of aryl methyl sites for hydroxylation is 2. The van der Waals surface area contributed by atoms with Crippen molar-refractivity contribution < 1.29 is 9.84 Å². The van der Waals surface area contributed by atoms with Crippen LogP contribution in [0.25, 0.3) is 0 Å².